The van der Waals surface area contributed by atoms with Gasteiger partial charge in [0.15, 0.2) is 5.16 Å². The molecule has 0 spiro atoms. The first-order chi connectivity index (χ1) is 9.66. The molecule has 2 rings (SSSR count). The average Bonchev–Trinajstić information content (AvgIpc) is 2.88. The van der Waals surface area contributed by atoms with E-state index in [-0.39, 0.29) is 11.9 Å². The molecule has 0 aliphatic carbocycles. The summed E-state index contributed by atoms with van der Waals surface area (Å²) in [6, 6.07) is 9.66. The molecule has 2 aromatic rings. The van der Waals surface area contributed by atoms with Crippen molar-refractivity contribution in [2.45, 2.75) is 18.7 Å². The number of rotatable bonds is 6. The number of ether oxygens (including phenoxy) is 1. The van der Waals surface area contributed by atoms with Crippen molar-refractivity contribution in [1.82, 2.24) is 14.8 Å². The van der Waals surface area contributed by atoms with Crippen molar-refractivity contribution in [2.24, 2.45) is 13.0 Å². The van der Waals surface area contributed by atoms with E-state index in [1.807, 2.05) is 48.9 Å². The Kier molecular flexibility index (Phi) is 5.17. The molecule has 0 saturated carbocycles. The van der Waals surface area contributed by atoms with Crippen molar-refractivity contribution < 1.29 is 9.53 Å². The van der Waals surface area contributed by atoms with Crippen LogP contribution in [0.15, 0.2) is 41.8 Å². The summed E-state index contributed by atoms with van der Waals surface area (Å²) in [5.41, 5.74) is 0.994. The van der Waals surface area contributed by atoms with Gasteiger partial charge >= 0.3 is 5.97 Å². The molecular weight excluding hydrogens is 274 g/mol. The van der Waals surface area contributed by atoms with Crippen LogP contribution in [0.5, 0.6) is 0 Å². The molecule has 0 aliphatic heterocycles. The van der Waals surface area contributed by atoms with E-state index in [2.05, 4.69) is 10.2 Å². The number of benzene rings is 1. The molecule has 1 aromatic carbocycles. The lowest BCUT2D eigenvalue weighted by atomic mass is 10.2. The Balaban J connectivity index is 1.76. The van der Waals surface area contributed by atoms with E-state index in [9.17, 15) is 4.79 Å². The van der Waals surface area contributed by atoms with Crippen molar-refractivity contribution in [1.29, 1.82) is 0 Å². The van der Waals surface area contributed by atoms with Gasteiger partial charge in [-0.15, -0.1) is 10.2 Å². The SMILES string of the molecule is CC(CSc1nncn1C)C(=O)OCc1ccccc1. The van der Waals surface area contributed by atoms with Crippen LogP contribution in [0.4, 0.5) is 0 Å². The largest absolute Gasteiger partial charge is 0.461 e. The second-order valence-electron chi connectivity index (χ2n) is 4.53. The summed E-state index contributed by atoms with van der Waals surface area (Å²) < 4.78 is 7.12. The molecule has 1 atom stereocenters. The van der Waals surface area contributed by atoms with Gasteiger partial charge in [0.1, 0.15) is 12.9 Å². The topological polar surface area (TPSA) is 57.0 Å². The van der Waals surface area contributed by atoms with Crippen LogP contribution in [0.25, 0.3) is 0 Å². The predicted octanol–water partition coefficient (Wildman–Crippen LogP) is 2.29. The maximum Gasteiger partial charge on any atom is 0.309 e. The van der Waals surface area contributed by atoms with Gasteiger partial charge in [0.05, 0.1) is 5.92 Å². The predicted molar refractivity (Wildman–Crippen MR) is 77.1 cm³/mol. The zero-order valence-corrected chi connectivity index (χ0v) is 12.3. The first kappa shape index (κ1) is 14.6. The second kappa shape index (κ2) is 7.09. The highest BCUT2D eigenvalue weighted by atomic mass is 32.2. The normalized spacial score (nSPS) is 12.1. The van der Waals surface area contributed by atoms with Crippen LogP contribution in [0.3, 0.4) is 0 Å². The molecule has 1 unspecified atom stereocenters. The summed E-state index contributed by atoms with van der Waals surface area (Å²) in [6.07, 6.45) is 1.64. The highest BCUT2D eigenvalue weighted by Gasteiger charge is 2.16. The maximum absolute atomic E-state index is 11.9. The molecule has 6 heteroatoms. The van der Waals surface area contributed by atoms with E-state index >= 15 is 0 Å². The van der Waals surface area contributed by atoms with Gasteiger partial charge < -0.3 is 9.30 Å². The standard InChI is InChI=1S/C14H17N3O2S/c1-11(9-20-14-16-15-10-17(14)2)13(18)19-8-12-6-4-3-5-7-12/h3-7,10-11H,8-9H2,1-2H3. The number of aromatic nitrogens is 3. The summed E-state index contributed by atoms with van der Waals surface area (Å²) in [7, 11) is 1.88. The summed E-state index contributed by atoms with van der Waals surface area (Å²) in [5.74, 6) is 0.254. The molecule has 0 bridgehead atoms. The fraction of sp³-hybridized carbons (Fsp3) is 0.357. The number of esters is 1. The van der Waals surface area contributed by atoms with Crippen LogP contribution >= 0.6 is 11.8 Å². The van der Waals surface area contributed by atoms with E-state index in [4.69, 9.17) is 4.74 Å². The first-order valence-corrected chi connectivity index (χ1v) is 7.32. The molecule has 0 aliphatic rings. The van der Waals surface area contributed by atoms with Crippen molar-refractivity contribution in [3.05, 3.63) is 42.2 Å². The van der Waals surface area contributed by atoms with Gasteiger partial charge in [-0.05, 0) is 5.56 Å². The molecule has 0 saturated heterocycles. The minimum absolute atomic E-state index is 0.180. The number of thioether (sulfide) groups is 1. The number of carbonyl (C=O) groups excluding carboxylic acids is 1. The van der Waals surface area contributed by atoms with Crippen LogP contribution in [0.1, 0.15) is 12.5 Å². The van der Waals surface area contributed by atoms with E-state index < -0.39 is 0 Å². The first-order valence-electron chi connectivity index (χ1n) is 6.34. The molecule has 0 N–H and O–H groups in total. The third kappa shape index (κ3) is 4.09. The monoisotopic (exact) mass is 291 g/mol. The van der Waals surface area contributed by atoms with Crippen molar-refractivity contribution in [3.8, 4) is 0 Å². The van der Waals surface area contributed by atoms with E-state index in [0.29, 0.717) is 12.4 Å². The van der Waals surface area contributed by atoms with Gasteiger partial charge in [-0.25, -0.2) is 0 Å². The second-order valence-corrected chi connectivity index (χ2v) is 5.52. The van der Waals surface area contributed by atoms with Gasteiger partial charge in [-0.1, -0.05) is 49.0 Å². The number of hydrogen-bond donors (Lipinski definition) is 0. The van der Waals surface area contributed by atoms with Gasteiger partial charge in [-0.2, -0.15) is 0 Å². The lowest BCUT2D eigenvalue weighted by molar-refractivity contribution is -0.148. The Morgan fingerprint density at radius 2 is 2.15 bits per heavy atom. The van der Waals surface area contributed by atoms with E-state index in [1.165, 1.54) is 11.8 Å². The Bertz CT molecular complexity index is 557. The molecule has 0 fully saturated rings. The van der Waals surface area contributed by atoms with Gasteiger partial charge in [-0.3, -0.25) is 4.79 Å². The molecule has 20 heavy (non-hydrogen) atoms. The van der Waals surface area contributed by atoms with Crippen LogP contribution in [0.2, 0.25) is 0 Å². The lowest BCUT2D eigenvalue weighted by Gasteiger charge is -2.10. The molecular formula is C14H17N3O2S. The lowest BCUT2D eigenvalue weighted by Crippen LogP contribution is -2.17. The number of nitrogens with zero attached hydrogens (tertiary/aromatic N) is 3. The highest BCUT2D eigenvalue weighted by Crippen LogP contribution is 2.18. The molecule has 5 nitrogen and oxygen atoms in total. The van der Waals surface area contributed by atoms with Crippen LogP contribution < -0.4 is 0 Å². The third-order valence-electron chi connectivity index (χ3n) is 2.76. The molecule has 0 amide bonds. The number of carbonyl (C=O) groups is 1. The van der Waals surface area contributed by atoms with Crippen molar-refractivity contribution in [2.75, 3.05) is 5.75 Å². The fourth-order valence-corrected chi connectivity index (χ4v) is 2.43. The van der Waals surface area contributed by atoms with E-state index in [1.54, 1.807) is 6.33 Å². The Morgan fingerprint density at radius 1 is 1.40 bits per heavy atom. The highest BCUT2D eigenvalue weighted by molar-refractivity contribution is 7.99. The molecule has 0 radical (unpaired) electrons. The third-order valence-corrected chi connectivity index (χ3v) is 4.05. The molecule has 106 valence electrons. The molecule has 1 heterocycles. The van der Waals surface area contributed by atoms with Crippen LogP contribution in [-0.4, -0.2) is 26.5 Å². The number of hydrogen-bond acceptors (Lipinski definition) is 5. The molecule has 1 aromatic heterocycles. The quantitative estimate of drug-likeness (QED) is 0.603. The summed E-state index contributed by atoms with van der Waals surface area (Å²) in [6.45, 7) is 2.18. The van der Waals surface area contributed by atoms with Crippen molar-refractivity contribution >= 4 is 17.7 Å². The zero-order chi connectivity index (χ0) is 14.4. The minimum Gasteiger partial charge on any atom is -0.461 e. The fourth-order valence-electron chi connectivity index (χ4n) is 1.54. The average molecular weight is 291 g/mol. The number of aryl methyl sites for hydroxylation is 1. The van der Waals surface area contributed by atoms with Crippen LogP contribution in [-0.2, 0) is 23.2 Å². The minimum atomic E-state index is -0.191. The van der Waals surface area contributed by atoms with Gasteiger partial charge in [0, 0.05) is 12.8 Å². The zero-order valence-electron chi connectivity index (χ0n) is 11.5. The van der Waals surface area contributed by atoms with Crippen molar-refractivity contribution in [3.63, 3.8) is 0 Å². The Labute approximate surface area is 122 Å². The van der Waals surface area contributed by atoms with Gasteiger partial charge in [0.25, 0.3) is 0 Å². The van der Waals surface area contributed by atoms with E-state index in [0.717, 1.165) is 10.7 Å². The van der Waals surface area contributed by atoms with Crippen LogP contribution in [0, 0.1) is 5.92 Å². The Hall–Kier alpha value is -1.82. The summed E-state index contributed by atoms with van der Waals surface area (Å²) in [4.78, 5) is 11.9. The smallest absolute Gasteiger partial charge is 0.309 e. The Morgan fingerprint density at radius 3 is 2.80 bits per heavy atom. The summed E-state index contributed by atoms with van der Waals surface area (Å²) >= 11 is 1.50. The van der Waals surface area contributed by atoms with Gasteiger partial charge in [0.2, 0.25) is 0 Å². The summed E-state index contributed by atoms with van der Waals surface area (Å²) in [5, 5.41) is 8.56. The maximum atomic E-state index is 11.9.